The van der Waals surface area contributed by atoms with Crippen LogP contribution in [-0.4, -0.2) is 41.3 Å². The van der Waals surface area contributed by atoms with Crippen molar-refractivity contribution in [3.05, 3.63) is 35.9 Å². The molecule has 0 heterocycles. The summed E-state index contributed by atoms with van der Waals surface area (Å²) in [6.07, 6.45) is 1.03. The standard InChI is InChI=1S/C16H23NO4S/c1-3-9-22-13(10-12-7-5-4-6-8-12)11-14(15(18)21-2)17-16(19)20/h4-8,13-14,17H,3,9-11H2,1-2H3,(H,19,20)/t13-,14?/m1/s1. The molecular weight excluding hydrogens is 302 g/mol. The van der Waals surface area contributed by atoms with E-state index in [1.165, 1.54) is 12.7 Å². The number of carboxylic acid groups (broad SMARTS) is 1. The molecule has 0 fully saturated rings. The Morgan fingerprint density at radius 1 is 1.32 bits per heavy atom. The van der Waals surface area contributed by atoms with Gasteiger partial charge in [0.15, 0.2) is 0 Å². The minimum Gasteiger partial charge on any atom is -0.467 e. The molecule has 0 spiro atoms. The highest BCUT2D eigenvalue weighted by atomic mass is 32.2. The summed E-state index contributed by atoms with van der Waals surface area (Å²) in [5, 5.41) is 11.3. The average molecular weight is 325 g/mol. The fourth-order valence-electron chi connectivity index (χ4n) is 2.14. The van der Waals surface area contributed by atoms with E-state index in [2.05, 4.69) is 12.2 Å². The third-order valence-corrected chi connectivity index (χ3v) is 4.62. The van der Waals surface area contributed by atoms with Crippen molar-refractivity contribution in [2.24, 2.45) is 0 Å². The van der Waals surface area contributed by atoms with E-state index in [4.69, 9.17) is 9.84 Å². The van der Waals surface area contributed by atoms with Gasteiger partial charge in [-0.3, -0.25) is 0 Å². The Morgan fingerprint density at radius 2 is 2.00 bits per heavy atom. The van der Waals surface area contributed by atoms with Crippen molar-refractivity contribution in [1.82, 2.24) is 5.32 Å². The summed E-state index contributed by atoms with van der Waals surface area (Å²) in [5.41, 5.74) is 1.18. The highest BCUT2D eigenvalue weighted by Gasteiger charge is 2.25. The first kappa shape index (κ1) is 18.4. The molecule has 0 bridgehead atoms. The Kier molecular flexibility index (Phi) is 8.43. The zero-order chi connectivity index (χ0) is 16.4. The van der Waals surface area contributed by atoms with Gasteiger partial charge in [0.25, 0.3) is 0 Å². The van der Waals surface area contributed by atoms with Crippen LogP contribution < -0.4 is 5.32 Å². The van der Waals surface area contributed by atoms with Gasteiger partial charge >= 0.3 is 12.1 Å². The van der Waals surface area contributed by atoms with E-state index in [9.17, 15) is 9.59 Å². The summed E-state index contributed by atoms with van der Waals surface area (Å²) in [6.45, 7) is 2.10. The normalized spacial score (nSPS) is 13.2. The van der Waals surface area contributed by atoms with Crippen LogP contribution in [0.3, 0.4) is 0 Å². The van der Waals surface area contributed by atoms with Gasteiger partial charge in [0.2, 0.25) is 0 Å². The van der Waals surface area contributed by atoms with E-state index in [1.807, 2.05) is 30.3 Å². The van der Waals surface area contributed by atoms with Crippen LogP contribution in [0.2, 0.25) is 0 Å². The van der Waals surface area contributed by atoms with Gasteiger partial charge in [-0.05, 0) is 30.6 Å². The molecule has 2 atom stereocenters. The Morgan fingerprint density at radius 3 is 2.55 bits per heavy atom. The Balaban J connectivity index is 2.75. The lowest BCUT2D eigenvalue weighted by Crippen LogP contribution is -2.42. The van der Waals surface area contributed by atoms with Gasteiger partial charge in [0.1, 0.15) is 6.04 Å². The molecule has 2 N–H and O–H groups in total. The highest BCUT2D eigenvalue weighted by molar-refractivity contribution is 7.99. The molecule has 5 nitrogen and oxygen atoms in total. The second-order valence-electron chi connectivity index (χ2n) is 4.94. The molecule has 22 heavy (non-hydrogen) atoms. The molecule has 0 saturated carbocycles. The third kappa shape index (κ3) is 6.85. The Hall–Kier alpha value is -1.69. The van der Waals surface area contributed by atoms with Crippen LogP contribution in [0.25, 0.3) is 0 Å². The molecule has 0 radical (unpaired) electrons. The van der Waals surface area contributed by atoms with Gasteiger partial charge < -0.3 is 15.2 Å². The first-order valence-electron chi connectivity index (χ1n) is 7.29. The fraction of sp³-hybridized carbons (Fsp3) is 0.500. The number of hydrogen-bond donors (Lipinski definition) is 2. The number of methoxy groups -OCH3 is 1. The molecule has 0 aliphatic rings. The zero-order valence-electron chi connectivity index (χ0n) is 13.0. The van der Waals surface area contributed by atoms with Crippen LogP contribution in [0.5, 0.6) is 0 Å². The zero-order valence-corrected chi connectivity index (χ0v) is 13.8. The average Bonchev–Trinajstić information content (AvgIpc) is 2.51. The second-order valence-corrected chi connectivity index (χ2v) is 6.35. The monoisotopic (exact) mass is 325 g/mol. The van der Waals surface area contributed by atoms with E-state index in [0.29, 0.717) is 6.42 Å². The number of hydrogen-bond acceptors (Lipinski definition) is 4. The predicted molar refractivity (Wildman–Crippen MR) is 88.3 cm³/mol. The van der Waals surface area contributed by atoms with Crippen LogP contribution in [0, 0.1) is 0 Å². The van der Waals surface area contributed by atoms with Crippen molar-refractivity contribution in [3.63, 3.8) is 0 Å². The number of esters is 1. The SMILES string of the molecule is CCCS[C@H](Cc1ccccc1)CC(NC(=O)O)C(=O)OC. The largest absolute Gasteiger partial charge is 0.467 e. The minimum absolute atomic E-state index is 0.151. The Bertz CT molecular complexity index is 466. The summed E-state index contributed by atoms with van der Waals surface area (Å²) in [4.78, 5) is 22.6. The number of nitrogens with one attached hydrogen (secondary N) is 1. The number of thioether (sulfide) groups is 1. The van der Waals surface area contributed by atoms with Gasteiger partial charge in [-0.2, -0.15) is 11.8 Å². The lowest BCUT2D eigenvalue weighted by atomic mass is 10.0. The van der Waals surface area contributed by atoms with Gasteiger partial charge in [-0.1, -0.05) is 37.3 Å². The number of ether oxygens (including phenoxy) is 1. The van der Waals surface area contributed by atoms with E-state index in [0.717, 1.165) is 18.6 Å². The van der Waals surface area contributed by atoms with Crippen molar-refractivity contribution >= 4 is 23.8 Å². The maximum Gasteiger partial charge on any atom is 0.405 e. The molecule has 1 aromatic carbocycles. The molecule has 122 valence electrons. The van der Waals surface area contributed by atoms with Gasteiger partial charge in [-0.25, -0.2) is 9.59 Å². The molecule has 1 aromatic rings. The summed E-state index contributed by atoms with van der Waals surface area (Å²) in [7, 11) is 1.27. The van der Waals surface area contributed by atoms with Crippen molar-refractivity contribution in [2.75, 3.05) is 12.9 Å². The third-order valence-electron chi connectivity index (χ3n) is 3.15. The molecule has 0 aliphatic carbocycles. The first-order chi connectivity index (χ1) is 10.6. The van der Waals surface area contributed by atoms with Crippen molar-refractivity contribution in [2.45, 2.75) is 37.5 Å². The lowest BCUT2D eigenvalue weighted by molar-refractivity contribution is -0.143. The molecule has 0 aromatic heterocycles. The smallest absolute Gasteiger partial charge is 0.405 e. The van der Waals surface area contributed by atoms with Gasteiger partial charge in [0.05, 0.1) is 7.11 Å². The van der Waals surface area contributed by atoms with E-state index in [1.54, 1.807) is 11.8 Å². The number of benzene rings is 1. The van der Waals surface area contributed by atoms with Crippen molar-refractivity contribution in [1.29, 1.82) is 0 Å². The van der Waals surface area contributed by atoms with Crippen LogP contribution in [0.1, 0.15) is 25.3 Å². The molecule has 1 rings (SSSR count). The molecule has 6 heteroatoms. The summed E-state index contributed by atoms with van der Waals surface area (Å²) >= 11 is 1.76. The highest BCUT2D eigenvalue weighted by Crippen LogP contribution is 2.22. The predicted octanol–water partition coefficient (Wildman–Crippen LogP) is 2.94. The van der Waals surface area contributed by atoms with Gasteiger partial charge in [-0.15, -0.1) is 0 Å². The maximum absolute atomic E-state index is 11.8. The lowest BCUT2D eigenvalue weighted by Gasteiger charge is -2.22. The number of amides is 1. The van der Waals surface area contributed by atoms with E-state index < -0.39 is 18.1 Å². The minimum atomic E-state index is -1.21. The fourth-order valence-corrected chi connectivity index (χ4v) is 3.35. The summed E-state index contributed by atoms with van der Waals surface area (Å²) in [6, 6.07) is 9.16. The van der Waals surface area contributed by atoms with Crippen LogP contribution in [0.15, 0.2) is 30.3 Å². The molecule has 1 unspecified atom stereocenters. The second kappa shape index (κ2) is 10.1. The molecular formula is C16H23NO4S. The number of carbonyl (C=O) groups excluding carboxylic acids is 1. The van der Waals surface area contributed by atoms with Gasteiger partial charge in [0, 0.05) is 5.25 Å². The first-order valence-corrected chi connectivity index (χ1v) is 8.34. The van der Waals surface area contributed by atoms with E-state index in [-0.39, 0.29) is 5.25 Å². The topological polar surface area (TPSA) is 75.6 Å². The number of carbonyl (C=O) groups is 2. The Labute approximate surface area is 135 Å². The molecule has 1 amide bonds. The summed E-state index contributed by atoms with van der Waals surface area (Å²) in [5.74, 6) is 0.427. The van der Waals surface area contributed by atoms with Crippen LogP contribution >= 0.6 is 11.8 Å². The van der Waals surface area contributed by atoms with Crippen molar-refractivity contribution in [3.8, 4) is 0 Å². The van der Waals surface area contributed by atoms with Crippen molar-refractivity contribution < 1.29 is 19.4 Å². The van der Waals surface area contributed by atoms with Crippen LogP contribution in [-0.2, 0) is 16.0 Å². The van der Waals surface area contributed by atoms with E-state index >= 15 is 0 Å². The molecule has 0 aliphatic heterocycles. The number of rotatable bonds is 9. The molecule has 0 saturated heterocycles. The quantitative estimate of drug-likeness (QED) is 0.683. The maximum atomic E-state index is 11.8. The van der Waals surface area contributed by atoms with Crippen LogP contribution in [0.4, 0.5) is 4.79 Å². The summed E-state index contributed by atoms with van der Waals surface area (Å²) < 4.78 is 4.69.